The predicted octanol–water partition coefficient (Wildman–Crippen LogP) is 3.96. The molecule has 1 spiro atoms. The molecule has 4 rings (SSSR count). The Morgan fingerprint density at radius 3 is 2.18 bits per heavy atom. The maximum Gasteiger partial charge on any atom is 0.490 e. The van der Waals surface area contributed by atoms with Crippen molar-refractivity contribution in [2.45, 2.75) is 49.8 Å². The number of hydrogen-bond acceptors (Lipinski definition) is 7. The van der Waals surface area contributed by atoms with Crippen molar-refractivity contribution in [2.24, 2.45) is 0 Å². The van der Waals surface area contributed by atoms with Crippen LogP contribution >= 0.6 is 11.3 Å². The number of thiophene rings is 1. The number of alkyl halides is 6. The molecule has 0 aromatic carbocycles. The van der Waals surface area contributed by atoms with E-state index < -0.39 is 24.3 Å². The minimum atomic E-state index is -5.08. The summed E-state index contributed by atoms with van der Waals surface area (Å²) in [6.45, 7) is 3.71. The summed E-state index contributed by atoms with van der Waals surface area (Å²) >= 11 is 1.75. The monoisotopic (exact) mass is 585 g/mol. The number of carboxylic acids is 2. The van der Waals surface area contributed by atoms with E-state index in [0.29, 0.717) is 12.2 Å². The number of ether oxygens (including phenoxy) is 1. The van der Waals surface area contributed by atoms with Crippen LogP contribution in [0.1, 0.15) is 35.2 Å². The molecule has 2 aliphatic rings. The second-order valence-corrected chi connectivity index (χ2v) is 9.41. The number of pyridine rings is 1. The third kappa shape index (κ3) is 10.8. The fraction of sp³-hybridized carbons (Fsp3) is 0.478. The van der Waals surface area contributed by atoms with Gasteiger partial charge in [0.25, 0.3) is 5.91 Å². The smallest absolute Gasteiger partial charge is 0.475 e. The number of nitrogens with one attached hydrogen (secondary N) is 1. The van der Waals surface area contributed by atoms with Gasteiger partial charge in [-0.3, -0.25) is 14.7 Å². The molecule has 2 aromatic heterocycles. The first-order valence-electron chi connectivity index (χ1n) is 11.3. The number of amides is 1. The van der Waals surface area contributed by atoms with E-state index in [1.54, 1.807) is 35.9 Å². The Bertz CT molecular complexity index is 1060. The summed E-state index contributed by atoms with van der Waals surface area (Å²) in [6, 6.07) is 5.87. The van der Waals surface area contributed by atoms with Gasteiger partial charge in [-0.25, -0.2) is 9.59 Å². The van der Waals surface area contributed by atoms with E-state index in [1.807, 2.05) is 0 Å². The van der Waals surface area contributed by atoms with Crippen LogP contribution in [-0.4, -0.2) is 81.6 Å². The van der Waals surface area contributed by atoms with Gasteiger partial charge in [0.2, 0.25) is 0 Å². The predicted molar refractivity (Wildman–Crippen MR) is 125 cm³/mol. The molecule has 2 saturated heterocycles. The SMILES string of the molecule is O=C(N[C@@H]1CCO[C@]2(CCN(Cc3ccsc3)C2)C1)c1ccncc1.O=C(O)C(F)(F)F.O=C(O)C(F)(F)F. The van der Waals surface area contributed by atoms with Gasteiger partial charge in [-0.05, 0) is 53.8 Å². The van der Waals surface area contributed by atoms with Crippen LogP contribution in [0, 0.1) is 0 Å². The van der Waals surface area contributed by atoms with Gasteiger partial charge in [0.05, 0.1) is 5.60 Å². The molecule has 0 aliphatic carbocycles. The highest BCUT2D eigenvalue weighted by atomic mass is 32.1. The van der Waals surface area contributed by atoms with Crippen molar-refractivity contribution in [3.8, 4) is 0 Å². The molecular weight excluding hydrogens is 560 g/mol. The fourth-order valence-electron chi connectivity index (χ4n) is 3.91. The van der Waals surface area contributed by atoms with E-state index in [0.717, 1.165) is 38.9 Å². The quantitative estimate of drug-likeness (QED) is 0.460. The molecule has 16 heteroatoms. The number of aliphatic carboxylic acids is 2. The average Bonchev–Trinajstić information content (AvgIpc) is 3.49. The lowest BCUT2D eigenvalue weighted by molar-refractivity contribution is -0.193. The van der Waals surface area contributed by atoms with Crippen molar-refractivity contribution >= 4 is 29.2 Å². The molecule has 0 radical (unpaired) electrons. The van der Waals surface area contributed by atoms with Crippen LogP contribution in [0.5, 0.6) is 0 Å². The van der Waals surface area contributed by atoms with Crippen LogP contribution in [0.2, 0.25) is 0 Å². The molecule has 0 saturated carbocycles. The van der Waals surface area contributed by atoms with Gasteiger partial charge in [-0.2, -0.15) is 37.7 Å². The maximum absolute atomic E-state index is 12.4. The second kappa shape index (κ2) is 13.7. The van der Waals surface area contributed by atoms with Crippen LogP contribution in [0.15, 0.2) is 41.4 Å². The van der Waals surface area contributed by atoms with Crippen LogP contribution in [0.4, 0.5) is 26.3 Å². The standard InChI is InChI=1S/C19H23N3O2S.2C2HF3O2/c23-18(16-1-6-20-7-2-16)21-17-3-9-24-19(11-17)5-8-22(14-19)12-15-4-10-25-13-15;2*3-2(4,5)1(6)7/h1-2,4,6-7,10,13,17H,3,5,8-9,11-12,14H2,(H,21,23);2*(H,6,7)/t17-,19-;;/m1../s1. The number of carbonyl (C=O) groups is 3. The normalized spacial score (nSPS) is 21.2. The fourth-order valence-corrected chi connectivity index (χ4v) is 4.57. The highest BCUT2D eigenvalue weighted by Crippen LogP contribution is 2.35. The lowest BCUT2D eigenvalue weighted by atomic mass is 9.89. The summed E-state index contributed by atoms with van der Waals surface area (Å²) in [5.74, 6) is -5.53. The molecule has 0 bridgehead atoms. The summed E-state index contributed by atoms with van der Waals surface area (Å²) in [5.41, 5.74) is 1.94. The first kappa shape index (κ1) is 32.0. The lowest BCUT2D eigenvalue weighted by Crippen LogP contribution is -2.49. The second-order valence-electron chi connectivity index (χ2n) is 8.63. The van der Waals surface area contributed by atoms with Gasteiger partial charge in [0, 0.05) is 50.2 Å². The largest absolute Gasteiger partial charge is 0.490 e. The zero-order chi connectivity index (χ0) is 29.3. The van der Waals surface area contributed by atoms with Gasteiger partial charge in [-0.15, -0.1) is 0 Å². The number of carboxylic acid groups (broad SMARTS) is 2. The molecule has 2 aliphatic heterocycles. The van der Waals surface area contributed by atoms with Crippen LogP contribution in [0.25, 0.3) is 0 Å². The number of carbonyl (C=O) groups excluding carboxylic acids is 1. The molecule has 1 amide bonds. The van der Waals surface area contributed by atoms with E-state index in [9.17, 15) is 31.1 Å². The average molecular weight is 586 g/mol. The molecule has 39 heavy (non-hydrogen) atoms. The van der Waals surface area contributed by atoms with Crippen LogP contribution in [0.3, 0.4) is 0 Å². The van der Waals surface area contributed by atoms with Crippen molar-refractivity contribution in [2.75, 3.05) is 19.7 Å². The van der Waals surface area contributed by atoms with Gasteiger partial charge < -0.3 is 20.3 Å². The molecule has 4 heterocycles. The van der Waals surface area contributed by atoms with E-state index in [4.69, 9.17) is 24.5 Å². The van der Waals surface area contributed by atoms with Crippen molar-refractivity contribution in [1.29, 1.82) is 0 Å². The van der Waals surface area contributed by atoms with E-state index in [-0.39, 0.29) is 17.6 Å². The van der Waals surface area contributed by atoms with E-state index in [1.165, 1.54) is 5.56 Å². The Morgan fingerprint density at radius 2 is 1.67 bits per heavy atom. The Balaban J connectivity index is 0.000000317. The summed E-state index contributed by atoms with van der Waals surface area (Å²) in [7, 11) is 0. The molecule has 216 valence electrons. The number of rotatable bonds is 4. The number of nitrogens with zero attached hydrogens (tertiary/aromatic N) is 2. The third-order valence-corrected chi connectivity index (χ3v) is 6.37. The van der Waals surface area contributed by atoms with Gasteiger partial charge in [-0.1, -0.05) is 0 Å². The Kier molecular flexibility index (Phi) is 11.2. The van der Waals surface area contributed by atoms with Gasteiger partial charge in [0.1, 0.15) is 0 Å². The minimum Gasteiger partial charge on any atom is -0.475 e. The first-order chi connectivity index (χ1) is 18.1. The Labute approximate surface area is 222 Å². The summed E-state index contributed by atoms with van der Waals surface area (Å²) in [6.07, 6.45) is -4.05. The van der Waals surface area contributed by atoms with Gasteiger partial charge in [0.15, 0.2) is 0 Å². The van der Waals surface area contributed by atoms with Crippen molar-refractivity contribution in [3.05, 3.63) is 52.5 Å². The summed E-state index contributed by atoms with van der Waals surface area (Å²) < 4.78 is 69.7. The lowest BCUT2D eigenvalue weighted by Gasteiger charge is -2.38. The topological polar surface area (TPSA) is 129 Å². The first-order valence-corrected chi connectivity index (χ1v) is 12.2. The number of halogens is 6. The Hall–Kier alpha value is -3.24. The molecule has 0 unspecified atom stereocenters. The number of hydrogen-bond donors (Lipinski definition) is 3. The summed E-state index contributed by atoms with van der Waals surface area (Å²) in [5, 5.41) is 21.8. The molecular formula is C23H25F6N3O6S. The minimum absolute atomic E-state index is 0.0161. The highest BCUT2D eigenvalue weighted by molar-refractivity contribution is 7.07. The third-order valence-electron chi connectivity index (χ3n) is 5.64. The zero-order valence-electron chi connectivity index (χ0n) is 20.2. The molecule has 3 N–H and O–H groups in total. The van der Waals surface area contributed by atoms with E-state index >= 15 is 0 Å². The number of aromatic nitrogens is 1. The van der Waals surface area contributed by atoms with Crippen molar-refractivity contribution in [1.82, 2.24) is 15.2 Å². The van der Waals surface area contributed by atoms with Crippen molar-refractivity contribution in [3.63, 3.8) is 0 Å². The number of likely N-dealkylation sites (tertiary alicyclic amines) is 1. The van der Waals surface area contributed by atoms with Gasteiger partial charge >= 0.3 is 24.3 Å². The molecule has 2 fully saturated rings. The van der Waals surface area contributed by atoms with Crippen molar-refractivity contribution < 1.29 is 55.7 Å². The molecule has 2 atom stereocenters. The van der Waals surface area contributed by atoms with Crippen LogP contribution in [-0.2, 0) is 20.9 Å². The Morgan fingerprint density at radius 1 is 1.08 bits per heavy atom. The zero-order valence-corrected chi connectivity index (χ0v) is 21.0. The molecule has 9 nitrogen and oxygen atoms in total. The van der Waals surface area contributed by atoms with Crippen LogP contribution < -0.4 is 5.32 Å². The summed E-state index contributed by atoms with van der Waals surface area (Å²) in [4.78, 5) is 36.6. The molecule has 2 aromatic rings. The highest BCUT2D eigenvalue weighted by Gasteiger charge is 2.43. The van der Waals surface area contributed by atoms with E-state index in [2.05, 4.69) is 32.0 Å². The maximum atomic E-state index is 12.4.